The van der Waals surface area contributed by atoms with E-state index in [1.54, 1.807) is 39.6 Å². The predicted octanol–water partition coefficient (Wildman–Crippen LogP) is 1.33. The molecule has 2 N–H and O–H groups in total. The molecule has 0 aliphatic carbocycles. The van der Waals surface area contributed by atoms with Gasteiger partial charge in [0.2, 0.25) is 5.91 Å². The van der Waals surface area contributed by atoms with Crippen LogP contribution in [0.15, 0.2) is 0 Å². The van der Waals surface area contributed by atoms with E-state index in [4.69, 9.17) is 0 Å². The molecule has 0 aromatic heterocycles. The number of carboxylic acids is 1. The number of hydrogen-bond donors (Lipinski definition) is 2. The molecule has 0 aromatic rings. The number of amides is 1. The Morgan fingerprint density at radius 2 is 1.67 bits per heavy atom. The van der Waals surface area contributed by atoms with E-state index >= 15 is 0 Å². The highest BCUT2D eigenvalue weighted by Gasteiger charge is 2.43. The van der Waals surface area contributed by atoms with Crippen molar-refractivity contribution in [2.45, 2.75) is 53.1 Å². The maximum atomic E-state index is 11.8. The van der Waals surface area contributed by atoms with Gasteiger partial charge in [0.05, 0.1) is 12.0 Å². The molecule has 0 atom stereocenters. The van der Waals surface area contributed by atoms with Gasteiger partial charge in [0.1, 0.15) is 0 Å². The Balaban J connectivity index is 4.63. The average Bonchev–Trinajstić information content (AvgIpc) is 2.24. The van der Waals surface area contributed by atoms with Crippen molar-refractivity contribution in [2.75, 3.05) is 13.6 Å². The Bertz CT molecular complexity index is 322. The summed E-state index contributed by atoms with van der Waals surface area (Å²) in [6, 6.07) is 0.134. The van der Waals surface area contributed by atoms with E-state index in [0.29, 0.717) is 0 Å². The van der Waals surface area contributed by atoms with Gasteiger partial charge in [-0.15, -0.1) is 0 Å². The van der Waals surface area contributed by atoms with Crippen LogP contribution in [0.4, 0.5) is 0 Å². The minimum absolute atomic E-state index is 0.0423. The first-order chi connectivity index (χ1) is 7.93. The molecule has 0 aromatic carbocycles. The van der Waals surface area contributed by atoms with Crippen LogP contribution in [0.1, 0.15) is 41.5 Å². The normalized spacial score (nSPS) is 12.7. The van der Waals surface area contributed by atoms with Crippen LogP contribution < -0.4 is 5.32 Å². The van der Waals surface area contributed by atoms with Crippen molar-refractivity contribution in [3.05, 3.63) is 0 Å². The van der Waals surface area contributed by atoms with E-state index in [0.717, 1.165) is 0 Å². The number of likely N-dealkylation sites (N-methyl/N-ethyl adjacent to an activating group) is 1. The second-order valence-electron chi connectivity index (χ2n) is 6.01. The van der Waals surface area contributed by atoms with Crippen molar-refractivity contribution in [1.29, 1.82) is 0 Å². The number of aliphatic carboxylic acids is 1. The standard InChI is InChI=1S/C13H26N2O3/c1-9(2)15(7)10(16)8-14-13(5,6)12(3,4)11(17)18/h9,14H,8H2,1-7H3,(H,17,18). The molecular formula is C13H26N2O3. The molecule has 0 radical (unpaired) electrons. The van der Waals surface area contributed by atoms with Gasteiger partial charge in [-0.3, -0.25) is 9.59 Å². The Hall–Kier alpha value is -1.10. The van der Waals surface area contributed by atoms with E-state index in [-0.39, 0.29) is 18.5 Å². The van der Waals surface area contributed by atoms with Gasteiger partial charge in [0.15, 0.2) is 0 Å². The highest BCUT2D eigenvalue weighted by atomic mass is 16.4. The van der Waals surface area contributed by atoms with E-state index in [1.165, 1.54) is 0 Å². The largest absolute Gasteiger partial charge is 0.481 e. The smallest absolute Gasteiger partial charge is 0.310 e. The summed E-state index contributed by atoms with van der Waals surface area (Å²) in [5.41, 5.74) is -1.63. The molecule has 18 heavy (non-hydrogen) atoms. The predicted molar refractivity (Wildman–Crippen MR) is 71.4 cm³/mol. The second kappa shape index (κ2) is 5.69. The Kier molecular flexibility index (Phi) is 5.35. The number of hydrogen-bond acceptors (Lipinski definition) is 3. The van der Waals surface area contributed by atoms with E-state index < -0.39 is 16.9 Å². The third kappa shape index (κ3) is 3.70. The van der Waals surface area contributed by atoms with E-state index in [1.807, 2.05) is 13.8 Å². The number of carboxylic acid groups (broad SMARTS) is 1. The molecule has 0 heterocycles. The molecule has 0 rings (SSSR count). The number of nitrogens with zero attached hydrogens (tertiary/aromatic N) is 1. The summed E-state index contributed by atoms with van der Waals surface area (Å²) in [5.74, 6) is -0.927. The summed E-state index contributed by atoms with van der Waals surface area (Å²) >= 11 is 0. The topological polar surface area (TPSA) is 69.6 Å². The summed E-state index contributed by atoms with van der Waals surface area (Å²) in [7, 11) is 1.74. The summed E-state index contributed by atoms with van der Waals surface area (Å²) in [5, 5.41) is 12.2. The third-order valence-corrected chi connectivity index (χ3v) is 3.95. The van der Waals surface area contributed by atoms with Crippen LogP contribution in [0.3, 0.4) is 0 Å². The number of rotatable bonds is 6. The minimum atomic E-state index is -0.955. The van der Waals surface area contributed by atoms with Gasteiger partial charge in [-0.1, -0.05) is 0 Å². The fourth-order valence-corrected chi connectivity index (χ4v) is 1.20. The zero-order chi connectivity index (χ0) is 14.7. The first-order valence-electron chi connectivity index (χ1n) is 6.17. The molecule has 1 amide bonds. The highest BCUT2D eigenvalue weighted by Crippen LogP contribution is 2.30. The molecule has 0 spiro atoms. The van der Waals surface area contributed by atoms with Crippen LogP contribution in [0.5, 0.6) is 0 Å². The van der Waals surface area contributed by atoms with Crippen molar-refractivity contribution >= 4 is 11.9 Å². The monoisotopic (exact) mass is 258 g/mol. The maximum absolute atomic E-state index is 11.8. The first-order valence-corrected chi connectivity index (χ1v) is 6.17. The molecule has 0 bridgehead atoms. The molecule has 106 valence electrons. The number of carbonyl (C=O) groups excluding carboxylic acids is 1. The van der Waals surface area contributed by atoms with Crippen LogP contribution in [-0.4, -0.2) is 47.1 Å². The molecular weight excluding hydrogens is 232 g/mol. The van der Waals surface area contributed by atoms with Crippen LogP contribution in [0, 0.1) is 5.41 Å². The molecule has 0 unspecified atom stereocenters. The Labute approximate surface area is 110 Å². The summed E-state index contributed by atoms with van der Waals surface area (Å²) < 4.78 is 0. The second-order valence-corrected chi connectivity index (χ2v) is 6.01. The summed E-state index contributed by atoms with van der Waals surface area (Å²) in [6.07, 6.45) is 0. The van der Waals surface area contributed by atoms with Crippen molar-refractivity contribution in [2.24, 2.45) is 5.41 Å². The van der Waals surface area contributed by atoms with Crippen molar-refractivity contribution < 1.29 is 14.7 Å². The molecule has 0 saturated carbocycles. The van der Waals surface area contributed by atoms with Gasteiger partial charge in [-0.2, -0.15) is 0 Å². The van der Waals surface area contributed by atoms with Crippen molar-refractivity contribution in [3.63, 3.8) is 0 Å². The van der Waals surface area contributed by atoms with Crippen LogP contribution in [0.2, 0.25) is 0 Å². The fraction of sp³-hybridized carbons (Fsp3) is 0.846. The fourth-order valence-electron chi connectivity index (χ4n) is 1.20. The van der Waals surface area contributed by atoms with Crippen LogP contribution in [0.25, 0.3) is 0 Å². The van der Waals surface area contributed by atoms with Gasteiger partial charge in [-0.25, -0.2) is 0 Å². The molecule has 0 fully saturated rings. The zero-order valence-corrected chi connectivity index (χ0v) is 12.5. The van der Waals surface area contributed by atoms with Gasteiger partial charge in [-0.05, 0) is 41.5 Å². The summed E-state index contributed by atoms with van der Waals surface area (Å²) in [4.78, 5) is 24.7. The average molecular weight is 258 g/mol. The number of carbonyl (C=O) groups is 2. The molecule has 5 heteroatoms. The Morgan fingerprint density at radius 3 is 2.00 bits per heavy atom. The van der Waals surface area contributed by atoms with Crippen LogP contribution >= 0.6 is 0 Å². The quantitative estimate of drug-likeness (QED) is 0.754. The SMILES string of the molecule is CC(C)N(C)C(=O)CNC(C)(C)C(C)(C)C(=O)O. The molecule has 0 aliphatic heterocycles. The Morgan fingerprint density at radius 1 is 1.22 bits per heavy atom. The lowest BCUT2D eigenvalue weighted by Crippen LogP contribution is -2.57. The lowest BCUT2D eigenvalue weighted by atomic mass is 9.74. The van der Waals surface area contributed by atoms with Crippen molar-refractivity contribution in [1.82, 2.24) is 10.2 Å². The summed E-state index contributed by atoms with van der Waals surface area (Å²) in [6.45, 7) is 10.9. The van der Waals surface area contributed by atoms with Gasteiger partial charge < -0.3 is 15.3 Å². The minimum Gasteiger partial charge on any atom is -0.481 e. The van der Waals surface area contributed by atoms with Crippen LogP contribution in [-0.2, 0) is 9.59 Å². The molecule has 5 nitrogen and oxygen atoms in total. The first kappa shape index (κ1) is 16.9. The lowest BCUT2D eigenvalue weighted by Gasteiger charge is -2.39. The molecule has 0 saturated heterocycles. The molecule has 0 aliphatic rings. The highest BCUT2D eigenvalue weighted by molar-refractivity contribution is 5.79. The van der Waals surface area contributed by atoms with Gasteiger partial charge in [0, 0.05) is 18.6 Å². The van der Waals surface area contributed by atoms with Gasteiger partial charge in [0.25, 0.3) is 0 Å². The third-order valence-electron chi connectivity index (χ3n) is 3.95. The lowest BCUT2D eigenvalue weighted by molar-refractivity contribution is -0.151. The van der Waals surface area contributed by atoms with E-state index in [2.05, 4.69) is 5.32 Å². The van der Waals surface area contributed by atoms with E-state index in [9.17, 15) is 14.7 Å². The van der Waals surface area contributed by atoms with Crippen molar-refractivity contribution in [3.8, 4) is 0 Å². The zero-order valence-electron chi connectivity index (χ0n) is 12.5. The van der Waals surface area contributed by atoms with Gasteiger partial charge >= 0.3 is 5.97 Å². The maximum Gasteiger partial charge on any atom is 0.310 e. The number of nitrogens with one attached hydrogen (secondary N) is 1.